The topological polar surface area (TPSA) is 20.2 Å². The summed E-state index contributed by atoms with van der Waals surface area (Å²) in [5, 5.41) is 10.8. The lowest BCUT2D eigenvalue weighted by Crippen LogP contribution is -2.47. The van der Waals surface area contributed by atoms with Crippen LogP contribution >= 0.6 is 23.5 Å². The predicted octanol–water partition coefficient (Wildman–Crippen LogP) is 3.43. The zero-order chi connectivity index (χ0) is 10.9. The van der Waals surface area contributed by atoms with Crippen molar-refractivity contribution in [2.75, 3.05) is 11.5 Å². The minimum Gasteiger partial charge on any atom is -0.383 e. The third-order valence-electron chi connectivity index (χ3n) is 3.59. The highest BCUT2D eigenvalue weighted by atomic mass is 32.2. The van der Waals surface area contributed by atoms with Crippen LogP contribution in [0.4, 0.5) is 0 Å². The maximum absolute atomic E-state index is 10.8. The normalized spacial score (nSPS) is 29.7. The summed E-state index contributed by atoms with van der Waals surface area (Å²) in [7, 11) is 0. The maximum Gasteiger partial charge on any atom is 0.106 e. The van der Waals surface area contributed by atoms with Gasteiger partial charge in [-0.05, 0) is 56.6 Å². The molecule has 0 radical (unpaired) electrons. The van der Waals surface area contributed by atoms with Gasteiger partial charge in [0.1, 0.15) is 5.60 Å². The molecule has 0 spiro atoms. The predicted molar refractivity (Wildman–Crippen MR) is 70.5 cm³/mol. The molecule has 0 saturated carbocycles. The molecule has 0 amide bonds. The molecule has 1 N–H and O–H groups in total. The van der Waals surface area contributed by atoms with Crippen molar-refractivity contribution in [3.63, 3.8) is 0 Å². The molecule has 0 bridgehead atoms. The molecule has 1 saturated heterocycles. The van der Waals surface area contributed by atoms with Crippen molar-refractivity contribution in [2.24, 2.45) is 0 Å². The minimum absolute atomic E-state index is 0.0403. The van der Waals surface area contributed by atoms with E-state index in [4.69, 9.17) is 0 Å². The van der Waals surface area contributed by atoms with Gasteiger partial charge in [-0.15, -0.1) is 23.5 Å². The van der Waals surface area contributed by atoms with Crippen LogP contribution in [0.3, 0.4) is 0 Å². The van der Waals surface area contributed by atoms with Gasteiger partial charge in [-0.2, -0.15) is 0 Å². The summed E-state index contributed by atoms with van der Waals surface area (Å²) >= 11 is 3.86. The summed E-state index contributed by atoms with van der Waals surface area (Å²) in [6.45, 7) is 4.22. The molecule has 1 heterocycles. The Bertz CT molecular complexity index is 265. The van der Waals surface area contributed by atoms with Gasteiger partial charge < -0.3 is 5.11 Å². The molecule has 1 unspecified atom stereocenters. The summed E-state index contributed by atoms with van der Waals surface area (Å²) in [6, 6.07) is 0. The monoisotopic (exact) mass is 244 g/mol. The average molecular weight is 244 g/mol. The number of thioether (sulfide) groups is 2. The number of hydrogen-bond donors (Lipinski definition) is 1. The summed E-state index contributed by atoms with van der Waals surface area (Å²) in [5.74, 6) is 2.37. The Kier molecular flexibility index (Phi) is 3.44. The molecule has 1 aliphatic heterocycles. The van der Waals surface area contributed by atoms with E-state index in [9.17, 15) is 5.11 Å². The molecule has 0 aromatic heterocycles. The summed E-state index contributed by atoms with van der Waals surface area (Å²) < 4.78 is -0.0403. The summed E-state index contributed by atoms with van der Waals surface area (Å²) in [4.78, 5) is 0. The molecule has 3 heteroatoms. The van der Waals surface area contributed by atoms with Crippen molar-refractivity contribution >= 4 is 23.5 Å². The second-order valence-electron chi connectivity index (χ2n) is 4.69. The largest absolute Gasteiger partial charge is 0.383 e. The Morgan fingerprint density at radius 3 is 2.53 bits per heavy atom. The van der Waals surface area contributed by atoms with Crippen LogP contribution in [-0.4, -0.2) is 26.3 Å². The van der Waals surface area contributed by atoms with Gasteiger partial charge in [0.25, 0.3) is 0 Å². The highest BCUT2D eigenvalue weighted by Crippen LogP contribution is 2.52. The van der Waals surface area contributed by atoms with Crippen molar-refractivity contribution in [1.82, 2.24) is 0 Å². The molecule has 86 valence electrons. The summed E-state index contributed by atoms with van der Waals surface area (Å²) in [6.07, 6.45) is 6.98. The van der Waals surface area contributed by atoms with E-state index in [1.54, 1.807) is 0 Å². The molecule has 2 rings (SSSR count). The first-order valence-electron chi connectivity index (χ1n) is 5.76. The third-order valence-corrected chi connectivity index (χ3v) is 7.18. The quantitative estimate of drug-likeness (QED) is 0.752. The fourth-order valence-electron chi connectivity index (χ4n) is 2.32. The number of hydrogen-bond acceptors (Lipinski definition) is 3. The van der Waals surface area contributed by atoms with Crippen molar-refractivity contribution < 1.29 is 5.11 Å². The molecule has 1 atom stereocenters. The van der Waals surface area contributed by atoms with Crippen molar-refractivity contribution in [3.8, 4) is 0 Å². The Balaban J connectivity index is 2.18. The summed E-state index contributed by atoms with van der Waals surface area (Å²) in [5.41, 5.74) is 0.645. The Hall–Kier alpha value is 0.400. The van der Waals surface area contributed by atoms with Crippen LogP contribution in [0.1, 0.15) is 39.5 Å². The van der Waals surface area contributed by atoms with E-state index >= 15 is 0 Å². The molecule has 15 heavy (non-hydrogen) atoms. The van der Waals surface area contributed by atoms with E-state index in [-0.39, 0.29) is 4.08 Å². The molecular formula is C12H20OS2. The van der Waals surface area contributed by atoms with E-state index in [1.807, 2.05) is 30.4 Å². The first-order valence-corrected chi connectivity index (χ1v) is 7.73. The van der Waals surface area contributed by atoms with Crippen LogP contribution < -0.4 is 0 Å². The van der Waals surface area contributed by atoms with Crippen molar-refractivity contribution in [1.29, 1.82) is 0 Å². The minimum atomic E-state index is -0.626. The van der Waals surface area contributed by atoms with Crippen molar-refractivity contribution in [3.05, 3.63) is 11.6 Å². The Morgan fingerprint density at radius 1 is 1.33 bits per heavy atom. The molecule has 1 nitrogen and oxygen atoms in total. The second-order valence-corrected chi connectivity index (χ2v) is 7.98. The lowest BCUT2D eigenvalue weighted by atomic mass is 9.91. The number of aliphatic hydroxyl groups is 1. The SMILES string of the molecule is CC1(C(C)(O)C2=CCCC2)SCCCS1. The number of rotatable bonds is 2. The first kappa shape index (κ1) is 11.9. The standard InChI is InChI=1S/C12H20OS2/c1-11(13,10-6-3-4-7-10)12(2)14-8-5-9-15-12/h6,13H,3-5,7-9H2,1-2H3. The second kappa shape index (κ2) is 4.34. The van der Waals surface area contributed by atoms with Gasteiger partial charge in [0.2, 0.25) is 0 Å². The maximum atomic E-state index is 10.8. The van der Waals surface area contributed by atoms with Gasteiger partial charge in [0.15, 0.2) is 0 Å². The van der Waals surface area contributed by atoms with Gasteiger partial charge in [-0.3, -0.25) is 0 Å². The molecule has 1 fully saturated rings. The molecular weight excluding hydrogens is 224 g/mol. The van der Waals surface area contributed by atoms with Gasteiger partial charge in [0.05, 0.1) is 4.08 Å². The molecule has 2 aliphatic rings. The smallest absolute Gasteiger partial charge is 0.106 e. The third kappa shape index (κ3) is 2.11. The fourth-order valence-corrected chi connectivity index (χ4v) is 5.52. The van der Waals surface area contributed by atoms with Crippen LogP contribution in [0.25, 0.3) is 0 Å². The lowest BCUT2D eigenvalue weighted by Gasteiger charge is -2.45. The van der Waals surface area contributed by atoms with Crippen LogP contribution in [0.2, 0.25) is 0 Å². The van der Waals surface area contributed by atoms with Crippen LogP contribution in [0, 0.1) is 0 Å². The van der Waals surface area contributed by atoms with E-state index in [0.717, 1.165) is 12.8 Å². The van der Waals surface area contributed by atoms with E-state index < -0.39 is 5.60 Å². The highest BCUT2D eigenvalue weighted by molar-refractivity contribution is 8.18. The van der Waals surface area contributed by atoms with E-state index in [0.29, 0.717) is 0 Å². The van der Waals surface area contributed by atoms with E-state index in [1.165, 1.54) is 29.9 Å². The lowest BCUT2D eigenvalue weighted by molar-refractivity contribution is 0.0876. The Morgan fingerprint density at radius 2 is 2.00 bits per heavy atom. The average Bonchev–Trinajstić information content (AvgIpc) is 2.72. The fraction of sp³-hybridized carbons (Fsp3) is 0.833. The van der Waals surface area contributed by atoms with Gasteiger partial charge >= 0.3 is 0 Å². The van der Waals surface area contributed by atoms with Gasteiger partial charge in [0, 0.05) is 0 Å². The van der Waals surface area contributed by atoms with Crippen LogP contribution in [0.15, 0.2) is 11.6 Å². The zero-order valence-electron chi connectivity index (χ0n) is 9.58. The molecule has 0 aromatic rings. The van der Waals surface area contributed by atoms with E-state index in [2.05, 4.69) is 13.0 Å². The van der Waals surface area contributed by atoms with Crippen LogP contribution in [-0.2, 0) is 0 Å². The van der Waals surface area contributed by atoms with Gasteiger partial charge in [-0.25, -0.2) is 0 Å². The first-order chi connectivity index (χ1) is 7.06. The van der Waals surface area contributed by atoms with Crippen LogP contribution in [0.5, 0.6) is 0 Å². The zero-order valence-corrected chi connectivity index (χ0v) is 11.2. The Labute approximate surface area is 101 Å². The molecule has 0 aromatic carbocycles. The number of allylic oxidation sites excluding steroid dienone is 1. The van der Waals surface area contributed by atoms with Crippen molar-refractivity contribution in [2.45, 2.75) is 49.2 Å². The van der Waals surface area contributed by atoms with Gasteiger partial charge in [-0.1, -0.05) is 6.08 Å². The molecule has 1 aliphatic carbocycles. The highest BCUT2D eigenvalue weighted by Gasteiger charge is 2.47.